The molecule has 1 rings (SSSR count). The molecule has 0 aliphatic rings. The molecular weight excluding hydrogens is 297 g/mol. The molecule has 118 valence electrons. The lowest BCUT2D eigenvalue weighted by molar-refractivity contribution is -0.130. The highest BCUT2D eigenvalue weighted by molar-refractivity contribution is 7.89. The highest BCUT2D eigenvalue weighted by Crippen LogP contribution is 2.14. The lowest BCUT2D eigenvalue weighted by Crippen LogP contribution is -2.47. The minimum Gasteiger partial charge on any atom is -0.347 e. The lowest BCUT2D eigenvalue weighted by atomic mass is 10.0. The lowest BCUT2D eigenvalue weighted by Gasteiger charge is -2.22. The summed E-state index contributed by atoms with van der Waals surface area (Å²) in [5, 5.41) is -0.703. The van der Waals surface area contributed by atoms with Gasteiger partial charge in [0.05, 0.1) is 0 Å². The second kappa shape index (κ2) is 6.95. The molecule has 0 spiro atoms. The molecule has 0 saturated carbocycles. The van der Waals surface area contributed by atoms with Crippen LogP contribution in [0.15, 0.2) is 23.4 Å². The summed E-state index contributed by atoms with van der Waals surface area (Å²) in [5.41, 5.74) is 0. The predicted molar refractivity (Wildman–Crippen MR) is 76.5 cm³/mol. The molecule has 1 amide bonds. The van der Waals surface area contributed by atoms with Crippen molar-refractivity contribution in [2.45, 2.75) is 31.3 Å². The molecule has 1 aromatic heterocycles. The Hall–Kier alpha value is -1.54. The minimum atomic E-state index is -4.20. The second-order valence-electron chi connectivity index (χ2n) is 5.33. The SMILES string of the molecule is CC(C)CC(NS(=O)(=O)c1ncccc1F)C(=O)N(C)C. The third-order valence-corrected chi connectivity index (χ3v) is 4.13. The summed E-state index contributed by atoms with van der Waals surface area (Å²) < 4.78 is 40.2. The van der Waals surface area contributed by atoms with Gasteiger partial charge in [-0.15, -0.1) is 0 Å². The van der Waals surface area contributed by atoms with Crippen LogP contribution in [0.3, 0.4) is 0 Å². The Kier molecular flexibility index (Phi) is 5.79. The van der Waals surface area contributed by atoms with Gasteiger partial charge in [0.15, 0.2) is 5.82 Å². The van der Waals surface area contributed by atoms with Crippen LogP contribution in [0.2, 0.25) is 0 Å². The quantitative estimate of drug-likeness (QED) is 0.849. The van der Waals surface area contributed by atoms with Gasteiger partial charge in [0, 0.05) is 20.3 Å². The van der Waals surface area contributed by atoms with Gasteiger partial charge >= 0.3 is 0 Å². The topological polar surface area (TPSA) is 79.4 Å². The van der Waals surface area contributed by atoms with Crippen LogP contribution in [0, 0.1) is 11.7 Å². The summed E-state index contributed by atoms with van der Waals surface area (Å²) in [5.74, 6) is -1.25. The molecule has 1 unspecified atom stereocenters. The van der Waals surface area contributed by atoms with Gasteiger partial charge in [-0.25, -0.2) is 17.8 Å². The molecule has 0 aliphatic heterocycles. The number of hydrogen-bond donors (Lipinski definition) is 1. The number of carbonyl (C=O) groups is 1. The molecule has 1 aromatic rings. The molecule has 0 aliphatic carbocycles. The van der Waals surface area contributed by atoms with Gasteiger partial charge < -0.3 is 4.90 Å². The summed E-state index contributed by atoms with van der Waals surface area (Å²) in [4.78, 5) is 16.9. The van der Waals surface area contributed by atoms with E-state index in [0.717, 1.165) is 6.07 Å². The summed E-state index contributed by atoms with van der Waals surface area (Å²) in [7, 11) is -1.13. The Balaban J connectivity index is 3.07. The van der Waals surface area contributed by atoms with Crippen LogP contribution in [-0.2, 0) is 14.8 Å². The molecule has 0 fully saturated rings. The fourth-order valence-corrected chi connectivity index (χ4v) is 3.00. The van der Waals surface area contributed by atoms with Gasteiger partial charge in [0.25, 0.3) is 10.0 Å². The van der Waals surface area contributed by atoms with Gasteiger partial charge in [0.1, 0.15) is 6.04 Å². The Morgan fingerprint density at radius 3 is 2.52 bits per heavy atom. The number of nitrogens with one attached hydrogen (secondary N) is 1. The average Bonchev–Trinajstić information content (AvgIpc) is 2.36. The maximum Gasteiger partial charge on any atom is 0.261 e. The van der Waals surface area contributed by atoms with Crippen molar-refractivity contribution in [2.24, 2.45) is 5.92 Å². The van der Waals surface area contributed by atoms with Crippen LogP contribution in [0.25, 0.3) is 0 Å². The van der Waals surface area contributed by atoms with Crippen molar-refractivity contribution in [3.8, 4) is 0 Å². The van der Waals surface area contributed by atoms with E-state index in [0.29, 0.717) is 6.42 Å². The normalized spacial score (nSPS) is 13.2. The first-order valence-electron chi connectivity index (χ1n) is 6.49. The van der Waals surface area contributed by atoms with Crippen molar-refractivity contribution in [1.82, 2.24) is 14.6 Å². The summed E-state index contributed by atoms with van der Waals surface area (Å²) in [6, 6.07) is 1.35. The minimum absolute atomic E-state index is 0.0928. The Morgan fingerprint density at radius 1 is 1.43 bits per heavy atom. The third kappa shape index (κ3) is 4.75. The van der Waals surface area contributed by atoms with Crippen molar-refractivity contribution < 1.29 is 17.6 Å². The summed E-state index contributed by atoms with van der Waals surface area (Å²) in [6.07, 6.45) is 1.49. The number of nitrogens with zero attached hydrogens (tertiary/aromatic N) is 2. The molecule has 6 nitrogen and oxygen atoms in total. The number of likely N-dealkylation sites (N-methyl/N-ethyl adjacent to an activating group) is 1. The molecule has 1 heterocycles. The van der Waals surface area contributed by atoms with Crippen LogP contribution < -0.4 is 4.72 Å². The van der Waals surface area contributed by atoms with Gasteiger partial charge in [-0.1, -0.05) is 13.8 Å². The van der Waals surface area contributed by atoms with E-state index >= 15 is 0 Å². The van der Waals surface area contributed by atoms with Crippen molar-refractivity contribution in [3.63, 3.8) is 0 Å². The number of carbonyl (C=O) groups excluding carboxylic acids is 1. The van der Waals surface area contributed by atoms with Gasteiger partial charge in [0.2, 0.25) is 10.9 Å². The Bertz CT molecular complexity index is 602. The van der Waals surface area contributed by atoms with E-state index < -0.39 is 26.9 Å². The number of amides is 1. The van der Waals surface area contributed by atoms with Crippen molar-refractivity contribution in [2.75, 3.05) is 14.1 Å². The summed E-state index contributed by atoms with van der Waals surface area (Å²) in [6.45, 7) is 3.73. The van der Waals surface area contributed by atoms with Crippen molar-refractivity contribution in [3.05, 3.63) is 24.1 Å². The highest BCUT2D eigenvalue weighted by Gasteiger charge is 2.29. The first-order chi connectivity index (χ1) is 9.65. The molecule has 0 aromatic carbocycles. The second-order valence-corrected chi connectivity index (χ2v) is 6.96. The van der Waals surface area contributed by atoms with Crippen LogP contribution in [0.4, 0.5) is 4.39 Å². The first kappa shape index (κ1) is 17.5. The van der Waals surface area contributed by atoms with Crippen LogP contribution >= 0.6 is 0 Å². The van der Waals surface area contributed by atoms with Gasteiger partial charge in [-0.05, 0) is 24.5 Å². The van der Waals surface area contributed by atoms with E-state index in [1.807, 2.05) is 13.8 Å². The average molecular weight is 317 g/mol. The number of sulfonamides is 1. The van der Waals surface area contributed by atoms with E-state index in [4.69, 9.17) is 0 Å². The number of pyridine rings is 1. The van der Waals surface area contributed by atoms with E-state index in [-0.39, 0.29) is 11.8 Å². The zero-order chi connectivity index (χ0) is 16.2. The fourth-order valence-electron chi connectivity index (χ4n) is 1.79. The molecule has 0 bridgehead atoms. The molecule has 21 heavy (non-hydrogen) atoms. The van der Waals surface area contributed by atoms with Crippen molar-refractivity contribution >= 4 is 15.9 Å². The predicted octanol–water partition coefficient (Wildman–Crippen LogP) is 1.00. The van der Waals surface area contributed by atoms with Crippen LogP contribution in [0.5, 0.6) is 0 Å². The van der Waals surface area contributed by atoms with E-state index in [1.54, 1.807) is 0 Å². The van der Waals surface area contributed by atoms with Crippen LogP contribution in [0.1, 0.15) is 20.3 Å². The van der Waals surface area contributed by atoms with E-state index in [2.05, 4.69) is 9.71 Å². The van der Waals surface area contributed by atoms with Gasteiger partial charge in [-0.2, -0.15) is 4.72 Å². The largest absolute Gasteiger partial charge is 0.347 e. The van der Waals surface area contributed by atoms with E-state index in [1.165, 1.54) is 31.3 Å². The smallest absolute Gasteiger partial charge is 0.261 e. The first-order valence-corrected chi connectivity index (χ1v) is 7.97. The summed E-state index contributed by atoms with van der Waals surface area (Å²) >= 11 is 0. The number of aromatic nitrogens is 1. The molecule has 0 radical (unpaired) electrons. The monoisotopic (exact) mass is 317 g/mol. The third-order valence-electron chi connectivity index (χ3n) is 2.72. The Morgan fingerprint density at radius 2 is 2.05 bits per heavy atom. The van der Waals surface area contributed by atoms with Crippen LogP contribution in [-0.4, -0.2) is 44.3 Å². The maximum absolute atomic E-state index is 13.6. The maximum atomic E-state index is 13.6. The van der Waals surface area contributed by atoms with Gasteiger partial charge in [-0.3, -0.25) is 4.79 Å². The van der Waals surface area contributed by atoms with Crippen molar-refractivity contribution in [1.29, 1.82) is 0 Å². The molecule has 1 atom stereocenters. The van der Waals surface area contributed by atoms with E-state index in [9.17, 15) is 17.6 Å². The Labute approximate surface area is 124 Å². The zero-order valence-electron chi connectivity index (χ0n) is 12.5. The number of rotatable bonds is 6. The number of halogens is 1. The zero-order valence-corrected chi connectivity index (χ0v) is 13.3. The molecular formula is C13H20FN3O3S. The highest BCUT2D eigenvalue weighted by atomic mass is 32.2. The molecule has 8 heteroatoms. The molecule has 1 N–H and O–H groups in total. The molecule has 0 saturated heterocycles. The fraction of sp³-hybridized carbons (Fsp3) is 0.538. The standard InChI is InChI=1S/C13H20FN3O3S/c1-9(2)8-11(13(18)17(3)4)16-21(19,20)12-10(14)6-5-7-15-12/h5-7,9,11,16H,8H2,1-4H3. The number of hydrogen-bond acceptors (Lipinski definition) is 4.